The van der Waals surface area contributed by atoms with Gasteiger partial charge in [0.2, 0.25) is 11.8 Å². The Morgan fingerprint density at radius 3 is 2.52 bits per heavy atom. The number of carbonyl (C=O) groups is 3. The molecule has 0 aliphatic carbocycles. The third-order valence-corrected chi connectivity index (χ3v) is 4.80. The van der Waals surface area contributed by atoms with Gasteiger partial charge in [0.1, 0.15) is 5.82 Å². The first kappa shape index (κ1) is 20.8. The quantitative estimate of drug-likeness (QED) is 0.718. The van der Waals surface area contributed by atoms with Crippen LogP contribution in [0.4, 0.5) is 10.1 Å². The highest BCUT2D eigenvalue weighted by Gasteiger charge is 2.28. The van der Waals surface area contributed by atoms with Gasteiger partial charge in [-0.05, 0) is 37.9 Å². The van der Waals surface area contributed by atoms with Crippen molar-refractivity contribution in [2.75, 3.05) is 51.7 Å². The fourth-order valence-corrected chi connectivity index (χ4v) is 3.42. The largest absolute Gasteiger partial charge is 0.434 e. The maximum atomic E-state index is 14.8. The Morgan fingerprint density at radius 1 is 1.24 bits per heavy atom. The summed E-state index contributed by atoms with van der Waals surface area (Å²) in [6.07, 6.45) is 0.623. The lowest BCUT2D eigenvalue weighted by molar-refractivity contribution is -0.140. The number of cyclic esters (lactones) is 1. The van der Waals surface area contributed by atoms with Crippen LogP contribution in [0.15, 0.2) is 24.3 Å². The first-order valence-corrected chi connectivity index (χ1v) is 9.42. The van der Waals surface area contributed by atoms with E-state index in [-0.39, 0.29) is 17.4 Å². The number of nitrogens with zero attached hydrogens (tertiary/aromatic N) is 3. The van der Waals surface area contributed by atoms with Crippen LogP contribution in [0.5, 0.6) is 0 Å². The number of amides is 2. The standard InChI is InChI=1S/C20H25FN4O4/c1-13(26)22-18-11-15(20(28)29-18)14-4-5-17(16(21)10-14)24-6-8-25(9-7-24)19(27)12-23(2)3/h4-5,10-11,18H,6-9,12H2,1-3H3,(H,22,26)/t18-/m1/s1. The number of likely N-dealkylation sites (N-methyl/N-ethyl adjacent to an activating group) is 1. The number of esters is 1. The molecule has 29 heavy (non-hydrogen) atoms. The van der Waals surface area contributed by atoms with Gasteiger partial charge in [-0.3, -0.25) is 9.59 Å². The van der Waals surface area contributed by atoms with Crippen LogP contribution in [-0.2, 0) is 19.1 Å². The lowest BCUT2D eigenvalue weighted by Gasteiger charge is -2.36. The van der Waals surface area contributed by atoms with E-state index in [1.54, 1.807) is 17.0 Å². The van der Waals surface area contributed by atoms with Gasteiger partial charge in [0.15, 0.2) is 6.23 Å². The van der Waals surface area contributed by atoms with E-state index in [0.29, 0.717) is 44.0 Å². The van der Waals surface area contributed by atoms with E-state index in [9.17, 15) is 18.8 Å². The molecule has 1 fully saturated rings. The lowest BCUT2D eigenvalue weighted by atomic mass is 10.0. The molecule has 0 unspecified atom stereocenters. The number of rotatable bonds is 5. The zero-order valence-electron chi connectivity index (χ0n) is 16.8. The molecule has 0 spiro atoms. The van der Waals surface area contributed by atoms with Crippen LogP contribution in [0.1, 0.15) is 12.5 Å². The second-order valence-electron chi connectivity index (χ2n) is 7.38. The normalized spacial score (nSPS) is 19.3. The van der Waals surface area contributed by atoms with Crippen LogP contribution in [0.2, 0.25) is 0 Å². The first-order chi connectivity index (χ1) is 13.7. The number of benzene rings is 1. The van der Waals surface area contributed by atoms with Crippen molar-refractivity contribution in [2.45, 2.75) is 13.2 Å². The van der Waals surface area contributed by atoms with Gasteiger partial charge in [0.25, 0.3) is 0 Å². The SMILES string of the molecule is CC(=O)N[C@H]1C=C(c2ccc(N3CCN(C(=O)CN(C)C)CC3)c(F)c2)C(=O)O1. The van der Waals surface area contributed by atoms with Crippen LogP contribution in [0.25, 0.3) is 5.57 Å². The molecule has 3 rings (SSSR count). The van der Waals surface area contributed by atoms with E-state index in [4.69, 9.17) is 4.74 Å². The van der Waals surface area contributed by atoms with Crippen LogP contribution in [0.3, 0.4) is 0 Å². The van der Waals surface area contributed by atoms with E-state index in [1.165, 1.54) is 19.1 Å². The number of carbonyl (C=O) groups excluding carboxylic acids is 3. The minimum absolute atomic E-state index is 0.0610. The van der Waals surface area contributed by atoms with Crippen LogP contribution >= 0.6 is 0 Å². The molecule has 1 saturated heterocycles. The molecule has 2 heterocycles. The van der Waals surface area contributed by atoms with Crippen LogP contribution in [-0.4, -0.2) is 80.6 Å². The Labute approximate surface area is 168 Å². The summed E-state index contributed by atoms with van der Waals surface area (Å²) < 4.78 is 19.8. The van der Waals surface area contributed by atoms with Crippen molar-refractivity contribution in [3.8, 4) is 0 Å². The molecule has 2 aliphatic heterocycles. The fourth-order valence-electron chi connectivity index (χ4n) is 3.42. The Kier molecular flexibility index (Phi) is 6.17. The average molecular weight is 404 g/mol. The molecule has 1 N–H and O–H groups in total. The molecule has 1 atom stereocenters. The molecule has 156 valence electrons. The van der Waals surface area contributed by atoms with Gasteiger partial charge in [0, 0.05) is 33.1 Å². The summed E-state index contributed by atoms with van der Waals surface area (Å²) in [5.41, 5.74) is 1.04. The van der Waals surface area contributed by atoms with Crippen molar-refractivity contribution in [3.05, 3.63) is 35.7 Å². The smallest absolute Gasteiger partial charge is 0.340 e. The van der Waals surface area contributed by atoms with Gasteiger partial charge in [-0.25, -0.2) is 9.18 Å². The van der Waals surface area contributed by atoms with Crippen molar-refractivity contribution in [2.24, 2.45) is 0 Å². The lowest BCUT2D eigenvalue weighted by Crippen LogP contribution is -2.51. The van der Waals surface area contributed by atoms with Crippen molar-refractivity contribution in [3.63, 3.8) is 0 Å². The first-order valence-electron chi connectivity index (χ1n) is 9.42. The van der Waals surface area contributed by atoms with Gasteiger partial charge >= 0.3 is 5.97 Å². The molecule has 0 saturated carbocycles. The molecular weight excluding hydrogens is 379 g/mol. The van der Waals surface area contributed by atoms with Crippen molar-refractivity contribution in [1.82, 2.24) is 15.1 Å². The Morgan fingerprint density at radius 2 is 1.93 bits per heavy atom. The highest BCUT2D eigenvalue weighted by Crippen LogP contribution is 2.28. The number of halogens is 1. The molecule has 0 aromatic heterocycles. The number of anilines is 1. The third kappa shape index (κ3) is 4.92. The van der Waals surface area contributed by atoms with Gasteiger partial charge in [-0.1, -0.05) is 6.07 Å². The minimum Gasteiger partial charge on any atom is -0.434 e. The van der Waals surface area contributed by atoms with Crippen molar-refractivity contribution in [1.29, 1.82) is 0 Å². The second kappa shape index (κ2) is 8.60. The van der Waals surface area contributed by atoms with Gasteiger partial charge in [0.05, 0.1) is 17.8 Å². The van der Waals surface area contributed by atoms with Crippen LogP contribution < -0.4 is 10.2 Å². The summed E-state index contributed by atoms with van der Waals surface area (Å²) in [6, 6.07) is 4.58. The topological polar surface area (TPSA) is 82.2 Å². The van der Waals surface area contributed by atoms with E-state index in [0.717, 1.165) is 0 Å². The Hall–Kier alpha value is -2.94. The summed E-state index contributed by atoms with van der Waals surface area (Å²) in [5, 5.41) is 2.48. The maximum Gasteiger partial charge on any atom is 0.340 e. The zero-order chi connectivity index (χ0) is 21.1. The zero-order valence-corrected chi connectivity index (χ0v) is 16.8. The van der Waals surface area contributed by atoms with E-state index in [2.05, 4.69) is 5.32 Å². The summed E-state index contributed by atoms with van der Waals surface area (Å²) in [6.45, 7) is 3.80. The maximum absolute atomic E-state index is 14.8. The predicted molar refractivity (Wildman–Crippen MR) is 105 cm³/mol. The predicted octanol–water partition coefficient (Wildman–Crippen LogP) is 0.438. The van der Waals surface area contributed by atoms with E-state index in [1.807, 2.05) is 23.9 Å². The fraction of sp³-hybridized carbons (Fsp3) is 0.450. The summed E-state index contributed by atoms with van der Waals surface area (Å²) >= 11 is 0. The molecule has 2 amide bonds. The number of ether oxygens (including phenoxy) is 1. The number of nitrogens with one attached hydrogen (secondary N) is 1. The molecule has 9 heteroatoms. The van der Waals surface area contributed by atoms with Crippen LogP contribution in [0, 0.1) is 5.82 Å². The summed E-state index contributed by atoms with van der Waals surface area (Å²) in [7, 11) is 3.69. The number of piperazine rings is 1. The Balaban J connectivity index is 1.67. The summed E-state index contributed by atoms with van der Waals surface area (Å²) in [5.74, 6) is -1.33. The van der Waals surface area contributed by atoms with Gasteiger partial charge in [-0.2, -0.15) is 0 Å². The molecular formula is C20H25FN4O4. The number of hydrogen-bond acceptors (Lipinski definition) is 6. The van der Waals surface area contributed by atoms with Crippen molar-refractivity contribution >= 4 is 29.0 Å². The molecule has 8 nitrogen and oxygen atoms in total. The average Bonchev–Trinajstić information content (AvgIpc) is 3.00. The highest BCUT2D eigenvalue weighted by atomic mass is 19.1. The number of hydrogen-bond donors (Lipinski definition) is 1. The minimum atomic E-state index is -0.842. The van der Waals surface area contributed by atoms with Gasteiger partial charge in [-0.15, -0.1) is 0 Å². The van der Waals surface area contributed by atoms with E-state index >= 15 is 0 Å². The molecule has 0 radical (unpaired) electrons. The summed E-state index contributed by atoms with van der Waals surface area (Å²) in [4.78, 5) is 40.8. The van der Waals surface area contributed by atoms with E-state index < -0.39 is 18.0 Å². The molecule has 1 aromatic rings. The third-order valence-electron chi connectivity index (χ3n) is 4.80. The molecule has 0 bridgehead atoms. The monoisotopic (exact) mass is 404 g/mol. The Bertz CT molecular complexity index is 847. The van der Waals surface area contributed by atoms with Gasteiger partial charge < -0.3 is 24.8 Å². The second-order valence-corrected chi connectivity index (χ2v) is 7.38. The van der Waals surface area contributed by atoms with Crippen molar-refractivity contribution < 1.29 is 23.5 Å². The highest BCUT2D eigenvalue weighted by molar-refractivity contribution is 6.18. The molecule has 1 aromatic carbocycles. The molecule has 2 aliphatic rings.